The summed E-state index contributed by atoms with van der Waals surface area (Å²) in [5.41, 5.74) is -0.598. The zero-order valence-corrected chi connectivity index (χ0v) is 20.2. The molecule has 0 radical (unpaired) electrons. The summed E-state index contributed by atoms with van der Waals surface area (Å²) in [6, 6.07) is 4.78. The van der Waals surface area contributed by atoms with Crippen LogP contribution in [0.5, 0.6) is 0 Å². The molecule has 0 aliphatic carbocycles. The minimum Gasteiger partial charge on any atom is -0.444 e. The predicted octanol–water partition coefficient (Wildman–Crippen LogP) is 4.41. The second kappa shape index (κ2) is 8.80. The highest BCUT2D eigenvalue weighted by atomic mass is 79.9. The van der Waals surface area contributed by atoms with Crippen LogP contribution in [-0.4, -0.2) is 60.0 Å². The molecule has 3 rings (SSSR count). The number of benzene rings is 1. The molecule has 164 valence electrons. The average molecular weight is 498 g/mol. The Kier molecular flexibility index (Phi) is 6.74. The molecular formula is C21H28BrN3O4S. The largest absolute Gasteiger partial charge is 0.444 e. The van der Waals surface area contributed by atoms with Crippen molar-refractivity contribution >= 4 is 42.8 Å². The van der Waals surface area contributed by atoms with Gasteiger partial charge in [-0.15, -0.1) is 0 Å². The van der Waals surface area contributed by atoms with Gasteiger partial charge in [-0.25, -0.2) is 13.2 Å². The second-order valence-electron chi connectivity index (χ2n) is 8.57. The molecule has 0 unspecified atom stereocenters. The van der Waals surface area contributed by atoms with Crippen LogP contribution in [-0.2, 0) is 14.8 Å². The number of amides is 1. The van der Waals surface area contributed by atoms with Crippen LogP contribution in [0.1, 0.15) is 40.5 Å². The number of hydrogen-bond donors (Lipinski definition) is 0. The maximum atomic E-state index is 13.6. The number of sulfonamides is 1. The van der Waals surface area contributed by atoms with E-state index in [0.29, 0.717) is 30.4 Å². The Morgan fingerprint density at radius 1 is 1.20 bits per heavy atom. The molecule has 0 spiro atoms. The monoisotopic (exact) mass is 497 g/mol. The number of rotatable bonds is 2. The Morgan fingerprint density at radius 2 is 1.90 bits per heavy atom. The van der Waals surface area contributed by atoms with Crippen molar-refractivity contribution in [2.75, 3.05) is 19.6 Å². The summed E-state index contributed by atoms with van der Waals surface area (Å²) in [7, 11) is -3.77. The maximum Gasteiger partial charge on any atom is 0.410 e. The molecule has 2 heterocycles. The topological polar surface area (TPSA) is 79.8 Å². The Hall–Kier alpha value is -1.71. The number of aromatic nitrogens is 1. The van der Waals surface area contributed by atoms with E-state index in [1.165, 1.54) is 4.31 Å². The van der Waals surface area contributed by atoms with Gasteiger partial charge in [-0.05, 0) is 68.6 Å². The highest BCUT2D eigenvalue weighted by Crippen LogP contribution is 2.33. The lowest BCUT2D eigenvalue weighted by Crippen LogP contribution is -2.50. The van der Waals surface area contributed by atoms with E-state index in [1.807, 2.05) is 27.7 Å². The maximum absolute atomic E-state index is 13.6. The van der Waals surface area contributed by atoms with Crippen molar-refractivity contribution in [3.63, 3.8) is 0 Å². The summed E-state index contributed by atoms with van der Waals surface area (Å²) in [4.78, 5) is 18.5. The molecule has 1 fully saturated rings. The van der Waals surface area contributed by atoms with E-state index in [2.05, 4.69) is 20.9 Å². The van der Waals surface area contributed by atoms with E-state index in [-0.39, 0.29) is 17.5 Å². The number of ether oxygens (including phenoxy) is 1. The third-order valence-corrected chi connectivity index (χ3v) is 8.16. The van der Waals surface area contributed by atoms with Crippen LogP contribution in [0.4, 0.5) is 4.79 Å². The average Bonchev–Trinajstić information content (AvgIpc) is 2.63. The molecule has 9 heteroatoms. The summed E-state index contributed by atoms with van der Waals surface area (Å²) in [5.74, 6) is 0. The first-order chi connectivity index (χ1) is 14.0. The first-order valence-corrected chi connectivity index (χ1v) is 12.3. The number of carbonyl (C=O) groups excluding carboxylic acids is 1. The van der Waals surface area contributed by atoms with Crippen LogP contribution in [0.25, 0.3) is 10.8 Å². The Labute approximate surface area is 186 Å². The van der Waals surface area contributed by atoms with Crippen molar-refractivity contribution in [1.29, 1.82) is 0 Å². The lowest BCUT2D eigenvalue weighted by atomic mass is 10.2. The summed E-state index contributed by atoms with van der Waals surface area (Å²) in [5, 5.41) is 1.65. The minimum atomic E-state index is -3.77. The van der Waals surface area contributed by atoms with Crippen molar-refractivity contribution in [3.05, 3.63) is 35.1 Å². The van der Waals surface area contributed by atoms with Crippen LogP contribution >= 0.6 is 15.9 Å². The summed E-state index contributed by atoms with van der Waals surface area (Å²) < 4.78 is 34.7. The number of carbonyl (C=O) groups is 1. The molecule has 1 aromatic heterocycles. The number of pyridine rings is 1. The van der Waals surface area contributed by atoms with Gasteiger partial charge in [0.2, 0.25) is 10.0 Å². The second-order valence-corrected chi connectivity index (χ2v) is 11.2. The molecule has 2 aromatic rings. The zero-order chi connectivity index (χ0) is 22.1. The molecule has 7 nitrogen and oxygen atoms in total. The van der Waals surface area contributed by atoms with E-state index >= 15 is 0 Å². The van der Waals surface area contributed by atoms with Crippen molar-refractivity contribution in [2.24, 2.45) is 0 Å². The van der Waals surface area contributed by atoms with Crippen molar-refractivity contribution < 1.29 is 17.9 Å². The van der Waals surface area contributed by atoms with E-state index < -0.39 is 21.7 Å². The van der Waals surface area contributed by atoms with E-state index in [4.69, 9.17) is 4.74 Å². The van der Waals surface area contributed by atoms with Crippen molar-refractivity contribution in [3.8, 4) is 0 Å². The molecule has 0 bridgehead atoms. The van der Waals surface area contributed by atoms with Crippen LogP contribution in [0.3, 0.4) is 0 Å². The molecule has 1 aliphatic heterocycles. The van der Waals surface area contributed by atoms with Crippen LogP contribution in [0, 0.1) is 0 Å². The highest BCUT2D eigenvalue weighted by Gasteiger charge is 2.34. The highest BCUT2D eigenvalue weighted by molar-refractivity contribution is 9.10. The lowest BCUT2D eigenvalue weighted by molar-refractivity contribution is 0.0197. The van der Waals surface area contributed by atoms with Gasteiger partial charge in [0.15, 0.2) is 0 Å². The third kappa shape index (κ3) is 4.95. The minimum absolute atomic E-state index is 0.220. The van der Waals surface area contributed by atoms with E-state index in [0.717, 1.165) is 10.8 Å². The summed E-state index contributed by atoms with van der Waals surface area (Å²) >= 11 is 3.49. The number of nitrogens with zero attached hydrogens (tertiary/aromatic N) is 3. The molecular weight excluding hydrogens is 470 g/mol. The molecule has 1 aliphatic rings. The van der Waals surface area contributed by atoms with Crippen LogP contribution in [0.15, 0.2) is 40.0 Å². The van der Waals surface area contributed by atoms with Crippen molar-refractivity contribution in [2.45, 2.75) is 57.1 Å². The Bertz CT molecular complexity index is 1040. The molecule has 1 atom stereocenters. The van der Waals surface area contributed by atoms with Gasteiger partial charge < -0.3 is 9.64 Å². The normalized spacial score (nSPS) is 19.4. The molecule has 0 N–H and O–H groups in total. The predicted molar refractivity (Wildman–Crippen MR) is 120 cm³/mol. The zero-order valence-electron chi connectivity index (χ0n) is 17.8. The number of halogens is 1. The van der Waals surface area contributed by atoms with Crippen molar-refractivity contribution in [1.82, 2.24) is 14.2 Å². The molecule has 1 aromatic carbocycles. The van der Waals surface area contributed by atoms with Gasteiger partial charge in [0.1, 0.15) is 5.60 Å². The Balaban J connectivity index is 1.90. The fourth-order valence-corrected chi connectivity index (χ4v) is 6.42. The molecule has 30 heavy (non-hydrogen) atoms. The Morgan fingerprint density at radius 3 is 2.60 bits per heavy atom. The van der Waals surface area contributed by atoms with Gasteiger partial charge in [-0.1, -0.05) is 6.07 Å². The van der Waals surface area contributed by atoms with Gasteiger partial charge in [-0.3, -0.25) is 4.98 Å². The molecule has 1 amide bonds. The van der Waals surface area contributed by atoms with Gasteiger partial charge in [-0.2, -0.15) is 4.31 Å². The quantitative estimate of drug-likeness (QED) is 0.613. The number of hydrogen-bond acceptors (Lipinski definition) is 5. The summed E-state index contributed by atoms with van der Waals surface area (Å²) in [6.07, 6.45) is 4.31. The van der Waals surface area contributed by atoms with Gasteiger partial charge >= 0.3 is 6.09 Å². The van der Waals surface area contributed by atoms with Gasteiger partial charge in [0.25, 0.3) is 0 Å². The van der Waals surface area contributed by atoms with E-state index in [9.17, 15) is 13.2 Å². The first kappa shape index (κ1) is 23.0. The lowest BCUT2D eigenvalue weighted by Gasteiger charge is -2.36. The van der Waals surface area contributed by atoms with Crippen LogP contribution < -0.4 is 0 Å². The number of fused-ring (bicyclic) bond motifs is 1. The smallest absolute Gasteiger partial charge is 0.410 e. The SMILES string of the molecule is C[C@@H]1CN(C(=O)OC(C)(C)C)CCCCN1S(=O)(=O)c1ccc2cnccc2c1Br. The first-order valence-electron chi connectivity index (χ1n) is 10.0. The standard InChI is InChI=1S/C21H28BrN3O4S/c1-15-14-24(20(26)29-21(2,3)4)11-5-6-12-25(15)30(27,28)18-8-7-16-13-23-10-9-17(16)19(18)22/h7-10,13,15H,5-6,11-12,14H2,1-4H3/t15-/m1/s1. The third-order valence-electron chi connectivity index (χ3n) is 4.99. The van der Waals surface area contributed by atoms with Gasteiger partial charge in [0, 0.05) is 53.3 Å². The van der Waals surface area contributed by atoms with Crippen LogP contribution in [0.2, 0.25) is 0 Å². The fourth-order valence-electron chi connectivity index (χ4n) is 3.58. The van der Waals surface area contributed by atoms with E-state index in [1.54, 1.807) is 35.5 Å². The molecule has 1 saturated heterocycles. The van der Waals surface area contributed by atoms with Gasteiger partial charge in [0.05, 0.1) is 4.90 Å². The molecule has 0 saturated carbocycles. The fraction of sp³-hybridized carbons (Fsp3) is 0.524. The summed E-state index contributed by atoms with van der Waals surface area (Å²) in [6.45, 7) is 8.54.